The van der Waals surface area contributed by atoms with Gasteiger partial charge in [0.1, 0.15) is 0 Å². The van der Waals surface area contributed by atoms with Crippen LogP contribution in [0, 0.1) is 5.92 Å². The molecule has 0 amide bonds. The average Bonchev–Trinajstić information content (AvgIpc) is 1.88. The van der Waals surface area contributed by atoms with Crippen molar-refractivity contribution in [2.45, 2.75) is 25.5 Å². The number of aliphatic hydroxyl groups excluding tert-OH is 1. The van der Waals surface area contributed by atoms with Crippen LogP contribution in [0.3, 0.4) is 0 Å². The largest absolute Gasteiger partial charge is 0.473 e. The van der Waals surface area contributed by atoms with Crippen LogP contribution in [0.25, 0.3) is 0 Å². The van der Waals surface area contributed by atoms with E-state index in [0.717, 1.165) is 6.42 Å². The molecule has 2 unspecified atom stereocenters. The number of hydrogen-bond acceptors (Lipinski definition) is 2. The Balaban J connectivity index is 2.32. The molecule has 10 heavy (non-hydrogen) atoms. The predicted molar refractivity (Wildman–Crippen MR) is 39.5 cm³/mol. The maximum atomic E-state index is 8.99. The molecule has 1 heterocycles. The maximum Gasteiger partial charge on any atom is 0.197 e. The van der Waals surface area contributed by atoms with Crippen molar-refractivity contribution in [2.75, 3.05) is 0 Å². The first kappa shape index (κ1) is 7.67. The second-order valence-electron chi connectivity index (χ2n) is 2.49. The average molecular weight is 138 g/mol. The molecule has 0 aromatic rings. The van der Waals surface area contributed by atoms with Gasteiger partial charge in [-0.3, -0.25) is 0 Å². The lowest BCUT2D eigenvalue weighted by Gasteiger charge is -2.20. The number of hydrogen-bond donors (Lipinski definition) is 1. The Labute approximate surface area is 62.3 Å². The highest BCUT2D eigenvalue weighted by atomic mass is 16.6. The van der Waals surface area contributed by atoms with Gasteiger partial charge >= 0.3 is 0 Å². The monoisotopic (exact) mass is 138 g/mol. The Morgan fingerprint density at radius 3 is 3.10 bits per heavy atom. The Morgan fingerprint density at radius 2 is 2.50 bits per heavy atom. The smallest absolute Gasteiger partial charge is 0.197 e. The molecule has 0 spiro atoms. The van der Waals surface area contributed by atoms with Gasteiger partial charge in [-0.1, -0.05) is 12.7 Å². The summed E-state index contributed by atoms with van der Waals surface area (Å²) in [7, 11) is 5.35. The van der Waals surface area contributed by atoms with E-state index in [1.807, 2.05) is 6.08 Å². The topological polar surface area (TPSA) is 29.5 Å². The van der Waals surface area contributed by atoms with Gasteiger partial charge in [0.25, 0.3) is 0 Å². The van der Waals surface area contributed by atoms with Gasteiger partial charge in [0.05, 0.1) is 14.1 Å². The van der Waals surface area contributed by atoms with E-state index in [1.54, 1.807) is 6.26 Å². The Morgan fingerprint density at radius 1 is 1.70 bits per heavy atom. The van der Waals surface area contributed by atoms with E-state index in [2.05, 4.69) is 0 Å². The highest BCUT2D eigenvalue weighted by Crippen LogP contribution is 2.19. The van der Waals surface area contributed by atoms with E-state index in [1.165, 1.54) is 0 Å². The van der Waals surface area contributed by atoms with Gasteiger partial charge in [0, 0.05) is 6.42 Å². The van der Waals surface area contributed by atoms with E-state index in [0.29, 0.717) is 18.7 Å². The van der Waals surface area contributed by atoms with Crippen LogP contribution in [0.1, 0.15) is 12.8 Å². The first-order chi connectivity index (χ1) is 4.83. The molecular formula is C7H11BO2. The van der Waals surface area contributed by atoms with Crippen LogP contribution in [0.5, 0.6) is 0 Å². The minimum atomic E-state index is -0.624. The second-order valence-corrected chi connectivity index (χ2v) is 2.49. The molecule has 54 valence electrons. The minimum absolute atomic E-state index is 0.397. The molecule has 0 bridgehead atoms. The van der Waals surface area contributed by atoms with E-state index < -0.39 is 6.29 Å². The second kappa shape index (κ2) is 3.66. The molecule has 2 radical (unpaired) electrons. The highest BCUT2D eigenvalue weighted by Gasteiger charge is 2.14. The first-order valence-electron chi connectivity index (χ1n) is 3.53. The van der Waals surface area contributed by atoms with E-state index >= 15 is 0 Å². The summed E-state index contributed by atoms with van der Waals surface area (Å²) in [5.41, 5.74) is 0. The summed E-state index contributed by atoms with van der Waals surface area (Å²) in [6.45, 7) is 0. The molecule has 0 fully saturated rings. The molecule has 2 atom stereocenters. The van der Waals surface area contributed by atoms with Gasteiger partial charge in [-0.25, -0.2) is 0 Å². The fourth-order valence-corrected chi connectivity index (χ4v) is 1.07. The van der Waals surface area contributed by atoms with Crippen LogP contribution in [-0.2, 0) is 4.74 Å². The lowest BCUT2D eigenvalue weighted by molar-refractivity contribution is -0.0724. The zero-order chi connectivity index (χ0) is 7.40. The summed E-state index contributed by atoms with van der Waals surface area (Å²) in [6.07, 6.45) is 5.14. The van der Waals surface area contributed by atoms with Gasteiger partial charge in [0.2, 0.25) is 0 Å². The Bertz CT molecular complexity index is 125. The zero-order valence-electron chi connectivity index (χ0n) is 5.86. The van der Waals surface area contributed by atoms with Gasteiger partial charge in [-0.15, -0.1) is 0 Å². The van der Waals surface area contributed by atoms with Crippen LogP contribution in [-0.4, -0.2) is 19.2 Å². The third kappa shape index (κ3) is 2.07. The molecule has 3 heteroatoms. The van der Waals surface area contributed by atoms with E-state index in [9.17, 15) is 0 Å². The van der Waals surface area contributed by atoms with Crippen molar-refractivity contribution in [3.05, 3.63) is 12.3 Å². The molecule has 1 N–H and O–H groups in total. The predicted octanol–water partition coefficient (Wildman–Crippen LogP) is 0.832. The van der Waals surface area contributed by atoms with Crippen molar-refractivity contribution in [3.8, 4) is 0 Å². The molecule has 0 aromatic heterocycles. The van der Waals surface area contributed by atoms with Gasteiger partial charge in [0.15, 0.2) is 6.29 Å². The minimum Gasteiger partial charge on any atom is -0.473 e. The highest BCUT2D eigenvalue weighted by molar-refractivity contribution is 6.08. The third-order valence-corrected chi connectivity index (χ3v) is 1.63. The Hall–Kier alpha value is -0.435. The fourth-order valence-electron chi connectivity index (χ4n) is 1.07. The van der Waals surface area contributed by atoms with E-state index in [4.69, 9.17) is 17.7 Å². The van der Waals surface area contributed by atoms with Crippen LogP contribution in [0.4, 0.5) is 0 Å². The summed E-state index contributed by atoms with van der Waals surface area (Å²) < 4.78 is 4.79. The Kier molecular flexibility index (Phi) is 2.81. The van der Waals surface area contributed by atoms with Gasteiger partial charge in [-0.05, 0) is 12.0 Å². The summed E-state index contributed by atoms with van der Waals surface area (Å²) in [4.78, 5) is 0. The lowest BCUT2D eigenvalue weighted by atomic mass is 9.90. The first-order valence-corrected chi connectivity index (χ1v) is 3.53. The molecule has 2 nitrogen and oxygen atoms in total. The number of ether oxygens (including phenoxy) is 1. The third-order valence-electron chi connectivity index (χ3n) is 1.63. The number of rotatable bonds is 2. The number of allylic oxidation sites excluding steroid dienone is 1. The number of aliphatic hydroxyl groups is 1. The SMILES string of the molecule is [B]CCC1C=COC(O)C1. The van der Waals surface area contributed by atoms with E-state index in [-0.39, 0.29) is 0 Å². The van der Waals surface area contributed by atoms with Crippen molar-refractivity contribution < 1.29 is 9.84 Å². The molecule has 0 saturated heterocycles. The van der Waals surface area contributed by atoms with Crippen molar-refractivity contribution in [2.24, 2.45) is 5.92 Å². The zero-order valence-corrected chi connectivity index (χ0v) is 5.86. The van der Waals surface area contributed by atoms with Gasteiger partial charge < -0.3 is 9.84 Å². The molecule has 1 rings (SSSR count). The maximum absolute atomic E-state index is 8.99. The van der Waals surface area contributed by atoms with Crippen LogP contribution in [0.2, 0.25) is 6.32 Å². The normalized spacial score (nSPS) is 31.7. The summed E-state index contributed by atoms with van der Waals surface area (Å²) >= 11 is 0. The molecule has 1 aliphatic rings. The molecule has 0 saturated carbocycles. The van der Waals surface area contributed by atoms with Crippen LogP contribution < -0.4 is 0 Å². The van der Waals surface area contributed by atoms with Crippen molar-refractivity contribution in [1.82, 2.24) is 0 Å². The molecular weight excluding hydrogens is 127 g/mol. The standard InChI is InChI=1S/C7H11BO2/c8-3-1-6-2-4-10-7(9)5-6/h2,4,6-7,9H,1,3,5H2. The van der Waals surface area contributed by atoms with Crippen molar-refractivity contribution >= 4 is 7.85 Å². The molecule has 0 aliphatic carbocycles. The lowest BCUT2D eigenvalue weighted by Crippen LogP contribution is -2.17. The quantitative estimate of drug-likeness (QED) is 0.572. The van der Waals surface area contributed by atoms with Crippen LogP contribution in [0.15, 0.2) is 12.3 Å². The van der Waals surface area contributed by atoms with Gasteiger partial charge in [-0.2, -0.15) is 0 Å². The fraction of sp³-hybridized carbons (Fsp3) is 0.714. The van der Waals surface area contributed by atoms with Crippen LogP contribution >= 0.6 is 0 Å². The summed E-state index contributed by atoms with van der Waals surface area (Å²) in [5.74, 6) is 0.397. The van der Waals surface area contributed by atoms with Crippen molar-refractivity contribution in [1.29, 1.82) is 0 Å². The summed E-state index contributed by atoms with van der Waals surface area (Å²) in [5, 5.41) is 8.99. The molecule has 1 aliphatic heterocycles. The molecule has 0 aromatic carbocycles. The summed E-state index contributed by atoms with van der Waals surface area (Å²) in [6, 6.07) is 0. The van der Waals surface area contributed by atoms with Crippen molar-refractivity contribution in [3.63, 3.8) is 0 Å².